The Morgan fingerprint density at radius 2 is 2.14 bits per heavy atom. The van der Waals surface area contributed by atoms with Crippen LogP contribution in [0.3, 0.4) is 0 Å². The zero-order chi connectivity index (χ0) is 14.7. The summed E-state index contributed by atoms with van der Waals surface area (Å²) in [6, 6.07) is 0. The first-order valence-electron chi connectivity index (χ1n) is 7.22. The lowest BCUT2D eigenvalue weighted by atomic mass is 10.1. The smallest absolute Gasteiger partial charge is 0.166 e. The van der Waals surface area contributed by atoms with E-state index < -0.39 is 0 Å². The molecule has 3 aromatic rings. The van der Waals surface area contributed by atoms with Gasteiger partial charge in [0.05, 0.1) is 20.9 Å². The van der Waals surface area contributed by atoms with Crippen LogP contribution >= 0.6 is 22.9 Å². The number of fused-ring (bicyclic) bond motifs is 3. The number of aromatic nitrogens is 3. The quantitative estimate of drug-likeness (QED) is 0.783. The molecule has 3 heterocycles. The first-order valence-corrected chi connectivity index (χ1v) is 8.41. The standard InChI is InChI=1S/C15H17ClN4S/c1-7-10-12-13(21-15(10)18-8(2)11(7)16)14(19-20(12)3)17-6-9-4-5-9/h9H,4-6H2,1-3H3,(H,17,19). The Labute approximate surface area is 132 Å². The van der Waals surface area contributed by atoms with Crippen molar-refractivity contribution in [2.45, 2.75) is 26.7 Å². The van der Waals surface area contributed by atoms with Crippen molar-refractivity contribution in [2.24, 2.45) is 13.0 Å². The van der Waals surface area contributed by atoms with Crippen LogP contribution in [0, 0.1) is 19.8 Å². The molecule has 1 aliphatic rings. The van der Waals surface area contributed by atoms with Gasteiger partial charge in [-0.2, -0.15) is 5.10 Å². The van der Waals surface area contributed by atoms with E-state index in [0.29, 0.717) is 0 Å². The second kappa shape index (κ2) is 4.58. The largest absolute Gasteiger partial charge is 0.367 e. The molecule has 1 aliphatic carbocycles. The van der Waals surface area contributed by atoms with Gasteiger partial charge >= 0.3 is 0 Å². The summed E-state index contributed by atoms with van der Waals surface area (Å²) in [4.78, 5) is 5.70. The molecule has 3 aromatic heterocycles. The lowest BCUT2D eigenvalue weighted by Crippen LogP contribution is -2.04. The molecule has 110 valence electrons. The zero-order valence-corrected chi connectivity index (χ0v) is 13.9. The van der Waals surface area contributed by atoms with Gasteiger partial charge < -0.3 is 5.32 Å². The van der Waals surface area contributed by atoms with Crippen LogP contribution in [-0.4, -0.2) is 21.3 Å². The molecule has 0 atom stereocenters. The van der Waals surface area contributed by atoms with Crippen LogP contribution in [0.2, 0.25) is 5.02 Å². The molecule has 0 spiro atoms. The van der Waals surface area contributed by atoms with E-state index in [2.05, 4.69) is 22.3 Å². The highest BCUT2D eigenvalue weighted by Gasteiger charge is 2.23. The van der Waals surface area contributed by atoms with Crippen molar-refractivity contribution in [3.63, 3.8) is 0 Å². The van der Waals surface area contributed by atoms with Gasteiger partial charge in [-0.3, -0.25) is 4.68 Å². The van der Waals surface area contributed by atoms with Crippen molar-refractivity contribution >= 4 is 49.2 Å². The predicted octanol–water partition coefficient (Wildman–Crippen LogP) is 4.28. The fourth-order valence-corrected chi connectivity index (χ4v) is 4.21. The maximum atomic E-state index is 6.38. The normalized spacial score (nSPS) is 15.2. The topological polar surface area (TPSA) is 42.7 Å². The lowest BCUT2D eigenvalue weighted by molar-refractivity contribution is 0.792. The highest BCUT2D eigenvalue weighted by molar-refractivity contribution is 7.26. The SMILES string of the molecule is Cc1nc2sc3c(NCC4CC4)nn(C)c3c2c(C)c1Cl. The Balaban J connectivity index is 1.94. The number of anilines is 1. The molecule has 6 heteroatoms. The van der Waals surface area contributed by atoms with Crippen LogP contribution < -0.4 is 5.32 Å². The molecule has 1 fully saturated rings. The summed E-state index contributed by atoms with van der Waals surface area (Å²) in [5, 5.41) is 10.0. The van der Waals surface area contributed by atoms with E-state index in [1.54, 1.807) is 11.3 Å². The van der Waals surface area contributed by atoms with Crippen molar-refractivity contribution in [2.75, 3.05) is 11.9 Å². The maximum absolute atomic E-state index is 6.38. The average molecular weight is 321 g/mol. The summed E-state index contributed by atoms with van der Waals surface area (Å²) in [7, 11) is 1.99. The van der Waals surface area contributed by atoms with E-state index in [-0.39, 0.29) is 0 Å². The second-order valence-electron chi connectivity index (χ2n) is 5.89. The van der Waals surface area contributed by atoms with E-state index in [1.807, 2.05) is 18.7 Å². The number of hydrogen-bond donors (Lipinski definition) is 1. The number of nitrogens with one attached hydrogen (secondary N) is 1. The Morgan fingerprint density at radius 1 is 1.38 bits per heavy atom. The number of thiophene rings is 1. The van der Waals surface area contributed by atoms with Crippen LogP contribution in [0.1, 0.15) is 24.1 Å². The first kappa shape index (κ1) is 13.3. The lowest BCUT2D eigenvalue weighted by Gasteiger charge is -2.04. The molecule has 0 aromatic carbocycles. The number of rotatable bonds is 3. The van der Waals surface area contributed by atoms with Crippen LogP contribution in [0.25, 0.3) is 20.4 Å². The van der Waals surface area contributed by atoms with Crippen molar-refractivity contribution in [3.05, 3.63) is 16.3 Å². The molecule has 1 saturated carbocycles. The molecular formula is C15H17ClN4S. The third kappa shape index (κ3) is 2.02. The summed E-state index contributed by atoms with van der Waals surface area (Å²) in [6.07, 6.45) is 2.68. The van der Waals surface area contributed by atoms with Gasteiger partial charge in [0.25, 0.3) is 0 Å². The van der Waals surface area contributed by atoms with Crippen molar-refractivity contribution < 1.29 is 0 Å². The van der Waals surface area contributed by atoms with Gasteiger partial charge in [-0.25, -0.2) is 4.98 Å². The minimum Gasteiger partial charge on any atom is -0.367 e. The summed E-state index contributed by atoms with van der Waals surface area (Å²) >= 11 is 8.08. The molecule has 4 nitrogen and oxygen atoms in total. The van der Waals surface area contributed by atoms with Gasteiger partial charge in [0.2, 0.25) is 0 Å². The molecule has 21 heavy (non-hydrogen) atoms. The Morgan fingerprint density at radius 3 is 2.86 bits per heavy atom. The van der Waals surface area contributed by atoms with Gasteiger partial charge in [-0.15, -0.1) is 11.3 Å². The van der Waals surface area contributed by atoms with Crippen molar-refractivity contribution in [1.82, 2.24) is 14.8 Å². The van der Waals surface area contributed by atoms with E-state index in [0.717, 1.165) is 50.3 Å². The Bertz CT molecular complexity index is 860. The molecule has 0 aliphatic heterocycles. The fourth-order valence-electron chi connectivity index (χ4n) is 2.80. The zero-order valence-electron chi connectivity index (χ0n) is 12.3. The number of pyridine rings is 1. The fraction of sp³-hybridized carbons (Fsp3) is 0.467. The molecule has 0 bridgehead atoms. The molecule has 0 amide bonds. The molecular weight excluding hydrogens is 304 g/mol. The van der Waals surface area contributed by atoms with E-state index >= 15 is 0 Å². The van der Waals surface area contributed by atoms with E-state index in [1.165, 1.54) is 17.5 Å². The molecule has 4 rings (SSSR count). The summed E-state index contributed by atoms with van der Waals surface area (Å²) in [5.74, 6) is 1.81. The molecule has 0 saturated heterocycles. The Hall–Kier alpha value is -1.33. The van der Waals surface area contributed by atoms with E-state index in [4.69, 9.17) is 11.6 Å². The first-order chi connectivity index (χ1) is 10.1. The number of nitrogens with zero attached hydrogens (tertiary/aromatic N) is 3. The van der Waals surface area contributed by atoms with Crippen LogP contribution in [-0.2, 0) is 7.05 Å². The monoisotopic (exact) mass is 320 g/mol. The maximum Gasteiger partial charge on any atom is 0.166 e. The van der Waals surface area contributed by atoms with Gasteiger partial charge in [-0.05, 0) is 38.2 Å². The number of aryl methyl sites for hydroxylation is 3. The highest BCUT2D eigenvalue weighted by Crippen LogP contribution is 2.41. The van der Waals surface area contributed by atoms with Crippen LogP contribution in [0.15, 0.2) is 0 Å². The highest BCUT2D eigenvalue weighted by atomic mass is 35.5. The van der Waals surface area contributed by atoms with Crippen molar-refractivity contribution in [1.29, 1.82) is 0 Å². The van der Waals surface area contributed by atoms with Crippen LogP contribution in [0.4, 0.5) is 5.82 Å². The summed E-state index contributed by atoms with van der Waals surface area (Å²) in [5.41, 5.74) is 3.14. The third-order valence-electron chi connectivity index (χ3n) is 4.20. The van der Waals surface area contributed by atoms with Crippen LogP contribution in [0.5, 0.6) is 0 Å². The summed E-state index contributed by atoms with van der Waals surface area (Å²) < 4.78 is 3.13. The number of halogens is 1. The summed E-state index contributed by atoms with van der Waals surface area (Å²) in [6.45, 7) is 5.05. The van der Waals surface area contributed by atoms with Gasteiger partial charge in [0.1, 0.15) is 4.83 Å². The minimum atomic E-state index is 0.760. The second-order valence-corrected chi connectivity index (χ2v) is 7.27. The average Bonchev–Trinajstić information content (AvgIpc) is 3.13. The molecule has 0 unspecified atom stereocenters. The number of hydrogen-bond acceptors (Lipinski definition) is 4. The van der Waals surface area contributed by atoms with E-state index in [9.17, 15) is 0 Å². The van der Waals surface area contributed by atoms with Crippen molar-refractivity contribution in [3.8, 4) is 0 Å². The van der Waals surface area contributed by atoms with Gasteiger partial charge in [-0.1, -0.05) is 11.6 Å². The Kier molecular flexibility index (Phi) is 2.91. The van der Waals surface area contributed by atoms with Gasteiger partial charge in [0.15, 0.2) is 5.82 Å². The minimum absolute atomic E-state index is 0.760. The molecule has 1 N–H and O–H groups in total. The molecule has 0 radical (unpaired) electrons. The third-order valence-corrected chi connectivity index (χ3v) is 5.84. The predicted molar refractivity (Wildman–Crippen MR) is 89.6 cm³/mol. The van der Waals surface area contributed by atoms with Gasteiger partial charge in [0, 0.05) is 19.0 Å².